The van der Waals surface area contributed by atoms with E-state index in [1.807, 2.05) is 6.92 Å². The monoisotopic (exact) mass is 257 g/mol. The zero-order chi connectivity index (χ0) is 13.9. The van der Waals surface area contributed by atoms with Gasteiger partial charge >= 0.3 is 5.97 Å². The van der Waals surface area contributed by atoms with Crippen molar-refractivity contribution in [2.24, 2.45) is 0 Å². The summed E-state index contributed by atoms with van der Waals surface area (Å²) in [6.07, 6.45) is 0.680. The first-order chi connectivity index (χ1) is 8.32. The van der Waals surface area contributed by atoms with Crippen LogP contribution in [0.15, 0.2) is 18.2 Å². The number of carbonyl (C=O) groups is 1. The minimum Gasteiger partial charge on any atom is -0.480 e. The Morgan fingerprint density at radius 1 is 1.50 bits per heavy atom. The molecule has 0 radical (unpaired) electrons. The second-order valence-electron chi connectivity index (χ2n) is 4.49. The summed E-state index contributed by atoms with van der Waals surface area (Å²) in [4.78, 5) is 11.4. The third-order valence-corrected chi connectivity index (χ3v) is 3.07. The SMILES string of the molecule is CCC(C)NC(C)(C(=O)O)c1cccc(F)c1F. The highest BCUT2D eigenvalue weighted by molar-refractivity contribution is 5.80. The molecule has 100 valence electrons. The molecule has 0 amide bonds. The first kappa shape index (κ1) is 14.6. The number of nitrogens with one attached hydrogen (secondary N) is 1. The van der Waals surface area contributed by atoms with Gasteiger partial charge in [-0.2, -0.15) is 0 Å². The van der Waals surface area contributed by atoms with Crippen molar-refractivity contribution in [2.75, 3.05) is 0 Å². The van der Waals surface area contributed by atoms with Gasteiger partial charge in [0.1, 0.15) is 5.54 Å². The second-order valence-corrected chi connectivity index (χ2v) is 4.49. The molecule has 0 saturated heterocycles. The van der Waals surface area contributed by atoms with Gasteiger partial charge in [0.05, 0.1) is 0 Å². The summed E-state index contributed by atoms with van der Waals surface area (Å²) >= 11 is 0. The molecule has 1 aromatic rings. The molecule has 0 aliphatic rings. The van der Waals surface area contributed by atoms with E-state index >= 15 is 0 Å². The van der Waals surface area contributed by atoms with Crippen LogP contribution in [0.3, 0.4) is 0 Å². The van der Waals surface area contributed by atoms with Crippen molar-refractivity contribution >= 4 is 5.97 Å². The van der Waals surface area contributed by atoms with E-state index in [1.165, 1.54) is 19.1 Å². The molecule has 0 fully saturated rings. The maximum atomic E-state index is 13.7. The van der Waals surface area contributed by atoms with Crippen molar-refractivity contribution in [1.82, 2.24) is 5.32 Å². The van der Waals surface area contributed by atoms with Gasteiger partial charge in [-0.05, 0) is 26.3 Å². The molecule has 0 aliphatic carbocycles. The predicted octanol–water partition coefficient (Wildman–Crippen LogP) is 2.65. The van der Waals surface area contributed by atoms with Gasteiger partial charge in [0.15, 0.2) is 11.6 Å². The normalized spacial score (nSPS) is 16.1. The maximum absolute atomic E-state index is 13.7. The van der Waals surface area contributed by atoms with Crippen molar-refractivity contribution < 1.29 is 18.7 Å². The molecule has 1 aromatic carbocycles. The number of halogens is 2. The molecular weight excluding hydrogens is 240 g/mol. The number of carboxylic acid groups (broad SMARTS) is 1. The van der Waals surface area contributed by atoms with Crippen molar-refractivity contribution in [1.29, 1.82) is 0 Å². The number of aliphatic carboxylic acids is 1. The molecule has 0 aromatic heterocycles. The van der Waals surface area contributed by atoms with Crippen molar-refractivity contribution in [3.05, 3.63) is 35.4 Å². The molecule has 0 heterocycles. The van der Waals surface area contributed by atoms with Crippen LogP contribution in [0, 0.1) is 11.6 Å². The quantitative estimate of drug-likeness (QED) is 0.852. The van der Waals surface area contributed by atoms with Crippen LogP contribution in [0.5, 0.6) is 0 Å². The maximum Gasteiger partial charge on any atom is 0.328 e. The Labute approximate surface area is 105 Å². The number of hydrogen-bond donors (Lipinski definition) is 2. The van der Waals surface area contributed by atoms with Crippen molar-refractivity contribution in [3.63, 3.8) is 0 Å². The molecule has 0 saturated carbocycles. The van der Waals surface area contributed by atoms with Gasteiger partial charge in [-0.1, -0.05) is 19.1 Å². The Balaban J connectivity index is 3.27. The molecular formula is C13H17F2NO2. The highest BCUT2D eigenvalue weighted by Crippen LogP contribution is 2.26. The van der Waals surface area contributed by atoms with Crippen molar-refractivity contribution in [2.45, 2.75) is 38.8 Å². The summed E-state index contributed by atoms with van der Waals surface area (Å²) in [6, 6.07) is 3.41. The van der Waals surface area contributed by atoms with Crippen LogP contribution in [0.2, 0.25) is 0 Å². The van der Waals surface area contributed by atoms with E-state index in [0.717, 1.165) is 6.07 Å². The summed E-state index contributed by atoms with van der Waals surface area (Å²) in [5.74, 6) is -3.42. The molecule has 5 heteroatoms. The molecule has 18 heavy (non-hydrogen) atoms. The third kappa shape index (κ3) is 2.67. The first-order valence-electron chi connectivity index (χ1n) is 5.78. The van der Waals surface area contributed by atoms with Gasteiger partial charge in [-0.25, -0.2) is 13.6 Å². The van der Waals surface area contributed by atoms with Crippen LogP contribution >= 0.6 is 0 Å². The molecule has 2 unspecified atom stereocenters. The molecule has 0 aliphatic heterocycles. The van der Waals surface area contributed by atoms with Gasteiger partial charge in [0, 0.05) is 11.6 Å². The third-order valence-electron chi connectivity index (χ3n) is 3.07. The molecule has 0 bridgehead atoms. The first-order valence-corrected chi connectivity index (χ1v) is 5.78. The van der Waals surface area contributed by atoms with E-state index in [2.05, 4.69) is 5.32 Å². The van der Waals surface area contributed by atoms with E-state index in [4.69, 9.17) is 0 Å². The zero-order valence-corrected chi connectivity index (χ0v) is 10.6. The largest absolute Gasteiger partial charge is 0.480 e. The lowest BCUT2D eigenvalue weighted by atomic mass is 9.90. The predicted molar refractivity (Wildman–Crippen MR) is 64.2 cm³/mol. The lowest BCUT2D eigenvalue weighted by Gasteiger charge is -2.30. The summed E-state index contributed by atoms with van der Waals surface area (Å²) < 4.78 is 26.9. The van der Waals surface area contributed by atoms with Crippen LogP contribution in [0.25, 0.3) is 0 Å². The standard InChI is InChI=1S/C13H17F2NO2/c1-4-8(2)16-13(3,12(17)18)9-6-5-7-10(14)11(9)15/h5-8,16H,4H2,1-3H3,(H,17,18). The number of hydrogen-bond acceptors (Lipinski definition) is 2. The van der Waals surface area contributed by atoms with Gasteiger partial charge in [-0.15, -0.1) is 0 Å². The molecule has 2 atom stereocenters. The average molecular weight is 257 g/mol. The lowest BCUT2D eigenvalue weighted by molar-refractivity contribution is -0.145. The van der Waals surface area contributed by atoms with E-state index in [-0.39, 0.29) is 11.6 Å². The summed E-state index contributed by atoms with van der Waals surface area (Å²) in [7, 11) is 0. The Morgan fingerprint density at radius 3 is 2.61 bits per heavy atom. The van der Waals surface area contributed by atoms with Crippen LogP contribution in [-0.2, 0) is 10.3 Å². The van der Waals surface area contributed by atoms with Gasteiger partial charge in [-0.3, -0.25) is 5.32 Å². The Kier molecular flexibility index (Phi) is 4.40. The summed E-state index contributed by atoms with van der Waals surface area (Å²) in [6.45, 7) is 5.00. The number of benzene rings is 1. The Bertz CT molecular complexity index is 451. The Morgan fingerprint density at radius 2 is 2.11 bits per heavy atom. The van der Waals surface area contributed by atoms with Crippen LogP contribution in [-0.4, -0.2) is 17.1 Å². The zero-order valence-electron chi connectivity index (χ0n) is 10.6. The minimum atomic E-state index is -1.65. The fraction of sp³-hybridized carbons (Fsp3) is 0.462. The lowest BCUT2D eigenvalue weighted by Crippen LogP contribution is -2.51. The van der Waals surface area contributed by atoms with Gasteiger partial charge in [0.25, 0.3) is 0 Å². The summed E-state index contributed by atoms with van der Waals surface area (Å²) in [5, 5.41) is 12.1. The minimum absolute atomic E-state index is 0.131. The van der Waals surface area contributed by atoms with E-state index in [9.17, 15) is 18.7 Å². The smallest absolute Gasteiger partial charge is 0.328 e. The van der Waals surface area contributed by atoms with Gasteiger partial charge < -0.3 is 5.11 Å². The van der Waals surface area contributed by atoms with Crippen molar-refractivity contribution in [3.8, 4) is 0 Å². The van der Waals surface area contributed by atoms with Gasteiger partial charge in [0.2, 0.25) is 0 Å². The fourth-order valence-corrected chi connectivity index (χ4v) is 1.74. The Hall–Kier alpha value is -1.49. The summed E-state index contributed by atoms with van der Waals surface area (Å²) in [5.41, 5.74) is -1.85. The molecule has 0 spiro atoms. The highest BCUT2D eigenvalue weighted by atomic mass is 19.2. The highest BCUT2D eigenvalue weighted by Gasteiger charge is 2.38. The molecule has 1 rings (SSSR count). The number of carboxylic acids is 1. The van der Waals surface area contributed by atoms with Crippen LogP contribution in [0.1, 0.15) is 32.8 Å². The van der Waals surface area contributed by atoms with E-state index in [0.29, 0.717) is 6.42 Å². The fourth-order valence-electron chi connectivity index (χ4n) is 1.74. The van der Waals surface area contributed by atoms with Crippen LogP contribution < -0.4 is 5.32 Å². The second kappa shape index (κ2) is 5.44. The molecule has 2 N–H and O–H groups in total. The van der Waals surface area contributed by atoms with E-state index in [1.54, 1.807) is 6.92 Å². The number of rotatable bonds is 5. The topological polar surface area (TPSA) is 49.3 Å². The molecule has 3 nitrogen and oxygen atoms in total. The van der Waals surface area contributed by atoms with Crippen LogP contribution in [0.4, 0.5) is 8.78 Å². The van der Waals surface area contributed by atoms with E-state index < -0.39 is 23.1 Å². The average Bonchev–Trinajstić information content (AvgIpc) is 2.32.